The van der Waals surface area contributed by atoms with Crippen LogP contribution >= 0.6 is 0 Å². The molecule has 0 bridgehead atoms. The van der Waals surface area contributed by atoms with Crippen LogP contribution in [-0.2, 0) is 21.7 Å². The van der Waals surface area contributed by atoms with Crippen LogP contribution in [0.5, 0.6) is 0 Å². The maximum absolute atomic E-state index is 8.06. The molecule has 0 saturated carbocycles. The Morgan fingerprint density at radius 3 is 0.444 bits per heavy atom. The van der Waals surface area contributed by atoms with Gasteiger partial charge < -0.3 is 20.4 Å². The molecule has 4 nitrogen and oxygen atoms in total. The molecule has 0 aromatic heterocycles. The maximum Gasteiger partial charge on any atom is 0.0483 e. The molecule has 6 heteroatoms. The van der Waals surface area contributed by atoms with Gasteiger partial charge in [-0.3, -0.25) is 0 Å². The number of aliphatic hydroxyl groups is 4. The van der Waals surface area contributed by atoms with Gasteiger partial charge in [-0.15, -0.1) is 0 Å². The molecule has 0 unspecified atom stereocenters. The van der Waals surface area contributed by atoms with Crippen LogP contribution in [-0.4, -0.2) is 74.4 Å². The normalized spacial score (nSPS) is 8.00. The summed E-state index contributed by atoms with van der Waals surface area (Å²) in [5.41, 5.74) is 0. The Morgan fingerprint density at radius 1 is 0.444 bits per heavy atom. The smallest absolute Gasteiger partial charge is 0.0483 e. The van der Waals surface area contributed by atoms with E-state index in [-0.39, 0.29) is 75.7 Å². The van der Waals surface area contributed by atoms with E-state index in [4.69, 9.17) is 20.4 Å². The summed E-state index contributed by atoms with van der Waals surface area (Å²) < 4.78 is 0. The van der Waals surface area contributed by atoms with E-state index in [0.29, 0.717) is 0 Å². The van der Waals surface area contributed by atoms with Crippen molar-refractivity contribution < 1.29 is 42.1 Å². The summed E-state index contributed by atoms with van der Waals surface area (Å²) in [6.07, 6.45) is -0.667. The van der Waals surface area contributed by atoms with Gasteiger partial charge in [-0.1, -0.05) is 0 Å². The Hall–Kier alpha value is 1.55. The Bertz CT molecular complexity index is 67.1. The average Bonchev–Trinajstić information content (AvgIpc) is 1.76. The molecule has 0 fully saturated rings. The second kappa shape index (κ2) is 31.1. The van der Waals surface area contributed by atoms with E-state index in [0.717, 1.165) is 0 Å². The van der Waals surface area contributed by atoms with Crippen LogP contribution in [0.15, 0.2) is 0 Å². The summed E-state index contributed by atoms with van der Waals surface area (Å²) in [6, 6.07) is 0. The van der Waals surface area contributed by atoms with E-state index in [9.17, 15) is 0 Å². The molecule has 1 radical (unpaired) electrons. The minimum atomic E-state index is -0.167. The SMILES string of the molecule is CC(C)O.CC(C)O.CC(C)O.CC(C)O.[Na].[Ti]. The van der Waals surface area contributed by atoms with Crippen molar-refractivity contribution in [2.45, 2.75) is 79.8 Å². The Labute approximate surface area is 150 Å². The van der Waals surface area contributed by atoms with Crippen LogP contribution in [0.1, 0.15) is 55.4 Å². The number of rotatable bonds is 0. The number of hydrogen-bond donors (Lipinski definition) is 4. The Balaban J connectivity index is -0.0000000257. The van der Waals surface area contributed by atoms with Gasteiger partial charge in [-0.2, -0.15) is 0 Å². The fourth-order valence-corrected chi connectivity index (χ4v) is 0. The van der Waals surface area contributed by atoms with Gasteiger partial charge in [0.2, 0.25) is 0 Å². The summed E-state index contributed by atoms with van der Waals surface area (Å²) in [5.74, 6) is 0. The Kier molecular flexibility index (Phi) is 63.4. The second-order valence-electron chi connectivity index (χ2n) is 4.37. The summed E-state index contributed by atoms with van der Waals surface area (Å²) in [6.45, 7) is 13.8. The fraction of sp³-hybridized carbons (Fsp3) is 1.00. The van der Waals surface area contributed by atoms with Gasteiger partial charge in [-0.05, 0) is 55.4 Å². The zero-order chi connectivity index (χ0) is 14.3. The topological polar surface area (TPSA) is 80.9 Å². The van der Waals surface area contributed by atoms with Gasteiger partial charge >= 0.3 is 0 Å². The molecule has 109 valence electrons. The molecular formula is C12H32NaO4Ti. The molecule has 0 aliphatic carbocycles. The molecule has 0 aromatic rings. The van der Waals surface area contributed by atoms with E-state index < -0.39 is 0 Å². The number of hydrogen-bond acceptors (Lipinski definition) is 4. The summed E-state index contributed by atoms with van der Waals surface area (Å²) >= 11 is 0. The molecule has 0 heterocycles. The first-order chi connectivity index (χ1) is 6.93. The zero-order valence-corrected chi connectivity index (χ0v) is 17.2. The van der Waals surface area contributed by atoms with E-state index in [2.05, 4.69) is 0 Å². The van der Waals surface area contributed by atoms with Crippen molar-refractivity contribution in [3.8, 4) is 0 Å². The minimum Gasteiger partial charge on any atom is -0.394 e. The van der Waals surface area contributed by atoms with Crippen LogP contribution < -0.4 is 0 Å². The first kappa shape index (κ1) is 36.6. The molecule has 0 rings (SSSR count). The Morgan fingerprint density at radius 2 is 0.444 bits per heavy atom. The molecular weight excluding hydrogens is 279 g/mol. The first-order valence-electron chi connectivity index (χ1n) is 5.65. The van der Waals surface area contributed by atoms with Gasteiger partial charge in [0.05, 0.1) is 0 Å². The summed E-state index contributed by atoms with van der Waals surface area (Å²) in [4.78, 5) is 0. The van der Waals surface area contributed by atoms with Crippen molar-refractivity contribution in [2.75, 3.05) is 0 Å². The van der Waals surface area contributed by atoms with Crippen LogP contribution in [0.2, 0.25) is 0 Å². The van der Waals surface area contributed by atoms with Crippen LogP contribution in [0.3, 0.4) is 0 Å². The zero-order valence-electron chi connectivity index (χ0n) is 13.6. The third-order valence-electron chi connectivity index (χ3n) is 0. The monoisotopic (exact) mass is 311 g/mol. The average molecular weight is 311 g/mol. The van der Waals surface area contributed by atoms with E-state index in [1.165, 1.54) is 0 Å². The van der Waals surface area contributed by atoms with Gasteiger partial charge in [0.25, 0.3) is 0 Å². The van der Waals surface area contributed by atoms with Crippen molar-refractivity contribution in [3.05, 3.63) is 0 Å². The van der Waals surface area contributed by atoms with E-state index >= 15 is 0 Å². The molecule has 18 heavy (non-hydrogen) atoms. The van der Waals surface area contributed by atoms with Crippen LogP contribution in [0.25, 0.3) is 0 Å². The summed E-state index contributed by atoms with van der Waals surface area (Å²) in [7, 11) is 0. The molecule has 0 spiro atoms. The summed E-state index contributed by atoms with van der Waals surface area (Å²) in [5, 5.41) is 32.2. The van der Waals surface area contributed by atoms with Crippen molar-refractivity contribution in [1.29, 1.82) is 0 Å². The molecule has 0 atom stereocenters. The molecule has 0 amide bonds. The third-order valence-corrected chi connectivity index (χ3v) is 0. The molecule has 0 saturated heterocycles. The third kappa shape index (κ3) is 1990. The fourth-order valence-electron chi connectivity index (χ4n) is 0. The maximum atomic E-state index is 8.06. The molecule has 0 aliphatic rings. The van der Waals surface area contributed by atoms with Crippen molar-refractivity contribution in [2.24, 2.45) is 0 Å². The predicted molar refractivity (Wildman–Crippen MR) is 75.2 cm³/mol. The second-order valence-corrected chi connectivity index (χ2v) is 4.37. The number of aliphatic hydroxyl groups excluding tert-OH is 4. The first-order valence-corrected chi connectivity index (χ1v) is 5.65. The van der Waals surface area contributed by atoms with Crippen LogP contribution in [0, 0.1) is 0 Å². The van der Waals surface area contributed by atoms with Crippen molar-refractivity contribution in [1.82, 2.24) is 0 Å². The van der Waals surface area contributed by atoms with Gasteiger partial charge in [-0.25, -0.2) is 0 Å². The van der Waals surface area contributed by atoms with Gasteiger partial charge in [0, 0.05) is 75.7 Å². The van der Waals surface area contributed by atoms with Crippen molar-refractivity contribution >= 4 is 29.6 Å². The van der Waals surface area contributed by atoms with Crippen molar-refractivity contribution in [3.63, 3.8) is 0 Å². The largest absolute Gasteiger partial charge is 0.394 e. The molecule has 0 aromatic carbocycles. The quantitative estimate of drug-likeness (QED) is 0.506. The predicted octanol–water partition coefficient (Wildman–Crippen LogP) is 1.17. The minimum absolute atomic E-state index is 0. The van der Waals surface area contributed by atoms with Gasteiger partial charge in [0.15, 0.2) is 0 Å². The van der Waals surface area contributed by atoms with E-state index in [1.807, 2.05) is 0 Å². The molecule has 0 aliphatic heterocycles. The molecule has 4 N–H and O–H groups in total. The van der Waals surface area contributed by atoms with E-state index in [1.54, 1.807) is 55.4 Å². The van der Waals surface area contributed by atoms with Gasteiger partial charge in [0.1, 0.15) is 0 Å². The standard InChI is InChI=1S/4C3H8O.Na.Ti/c4*1-3(2)4;;/h4*3-4H,1-2H3;;. The van der Waals surface area contributed by atoms with Crippen LogP contribution in [0.4, 0.5) is 0 Å².